The minimum atomic E-state index is -0.239. The van der Waals surface area contributed by atoms with E-state index < -0.39 is 0 Å². The van der Waals surface area contributed by atoms with E-state index in [0.717, 1.165) is 15.7 Å². The van der Waals surface area contributed by atoms with Crippen LogP contribution in [0.25, 0.3) is 0 Å². The fourth-order valence-corrected chi connectivity index (χ4v) is 2.68. The van der Waals surface area contributed by atoms with Crippen molar-refractivity contribution in [3.05, 3.63) is 58.3 Å². The van der Waals surface area contributed by atoms with Gasteiger partial charge in [-0.05, 0) is 36.8 Å². The molecule has 2 aromatic carbocycles. The first-order valence-electron chi connectivity index (χ1n) is 6.04. The quantitative estimate of drug-likeness (QED) is 0.908. The van der Waals surface area contributed by atoms with Gasteiger partial charge < -0.3 is 10.6 Å². The van der Waals surface area contributed by atoms with Gasteiger partial charge in [-0.15, -0.1) is 0 Å². The average Bonchev–Trinajstić information content (AvgIpc) is 2.38. The minimum Gasteiger partial charge on any atom is -0.342 e. The molecule has 0 aliphatic heterocycles. The van der Waals surface area contributed by atoms with Gasteiger partial charge in [-0.2, -0.15) is 0 Å². The molecule has 0 bridgehead atoms. The summed E-state index contributed by atoms with van der Waals surface area (Å²) in [5.41, 5.74) is 8.35. The molecule has 0 aliphatic carbocycles. The van der Waals surface area contributed by atoms with E-state index in [0.29, 0.717) is 5.69 Å². The Morgan fingerprint density at radius 2 is 1.89 bits per heavy atom. The second kappa shape index (κ2) is 5.72. The Labute approximate surface area is 121 Å². The van der Waals surface area contributed by atoms with Crippen LogP contribution in [-0.4, -0.2) is 7.05 Å². The van der Waals surface area contributed by atoms with Gasteiger partial charge >= 0.3 is 0 Å². The molecule has 2 rings (SSSR count). The predicted octanol–water partition coefficient (Wildman–Crippen LogP) is 4.38. The van der Waals surface area contributed by atoms with E-state index in [2.05, 4.69) is 15.9 Å². The zero-order chi connectivity index (χ0) is 14.0. The van der Waals surface area contributed by atoms with Crippen LogP contribution >= 0.6 is 15.9 Å². The van der Waals surface area contributed by atoms with E-state index in [1.54, 1.807) is 12.1 Å². The normalized spacial score (nSPS) is 12.3. The van der Waals surface area contributed by atoms with Crippen LogP contribution in [0.3, 0.4) is 0 Å². The summed E-state index contributed by atoms with van der Waals surface area (Å²) in [6.07, 6.45) is 0. The zero-order valence-corrected chi connectivity index (χ0v) is 12.5. The van der Waals surface area contributed by atoms with Crippen molar-refractivity contribution in [3.63, 3.8) is 0 Å². The molecule has 0 fully saturated rings. The third-order valence-corrected chi connectivity index (χ3v) is 3.76. The second-order valence-electron chi connectivity index (χ2n) is 4.50. The van der Waals surface area contributed by atoms with Crippen molar-refractivity contribution in [2.75, 3.05) is 11.9 Å². The van der Waals surface area contributed by atoms with Crippen molar-refractivity contribution >= 4 is 27.3 Å². The van der Waals surface area contributed by atoms with Gasteiger partial charge in [-0.3, -0.25) is 0 Å². The SMILES string of the molecule is CC(N)c1ccc(N(C)c2ccccc2F)cc1Br. The lowest BCUT2D eigenvalue weighted by Gasteiger charge is -2.21. The molecule has 4 heteroatoms. The van der Waals surface area contributed by atoms with Gasteiger partial charge in [0, 0.05) is 23.2 Å². The molecule has 100 valence electrons. The summed E-state index contributed by atoms with van der Waals surface area (Å²) in [6, 6.07) is 12.5. The standard InChI is InChI=1S/C15H16BrFN2/c1-10(18)12-8-7-11(9-13(12)16)19(2)15-6-4-3-5-14(15)17/h3-10H,18H2,1-2H3. The fraction of sp³-hybridized carbons (Fsp3) is 0.200. The molecule has 0 spiro atoms. The van der Waals surface area contributed by atoms with Crippen molar-refractivity contribution < 1.29 is 4.39 Å². The molecule has 0 amide bonds. The van der Waals surface area contributed by atoms with Crippen LogP contribution in [0.15, 0.2) is 46.9 Å². The Morgan fingerprint density at radius 3 is 2.47 bits per heavy atom. The molecule has 0 aliphatic rings. The molecule has 1 unspecified atom stereocenters. The molecule has 0 radical (unpaired) electrons. The molecular weight excluding hydrogens is 307 g/mol. The van der Waals surface area contributed by atoms with E-state index in [4.69, 9.17) is 5.73 Å². The number of benzene rings is 2. The fourth-order valence-electron chi connectivity index (χ4n) is 1.96. The van der Waals surface area contributed by atoms with Gasteiger partial charge in [-0.1, -0.05) is 34.1 Å². The molecule has 2 N–H and O–H groups in total. The molecule has 0 aromatic heterocycles. The van der Waals surface area contributed by atoms with E-state index in [1.165, 1.54) is 6.07 Å². The number of anilines is 2. The Balaban J connectivity index is 2.38. The first-order chi connectivity index (χ1) is 9.00. The highest BCUT2D eigenvalue weighted by Crippen LogP contribution is 2.31. The van der Waals surface area contributed by atoms with Gasteiger partial charge in [0.15, 0.2) is 0 Å². The van der Waals surface area contributed by atoms with Gasteiger partial charge in [0.25, 0.3) is 0 Å². The summed E-state index contributed by atoms with van der Waals surface area (Å²) in [4.78, 5) is 1.81. The largest absolute Gasteiger partial charge is 0.342 e. The Bertz CT molecular complexity index is 584. The lowest BCUT2D eigenvalue weighted by molar-refractivity contribution is 0.627. The maximum absolute atomic E-state index is 13.8. The number of hydrogen-bond acceptors (Lipinski definition) is 2. The Morgan fingerprint density at radius 1 is 1.21 bits per heavy atom. The van der Waals surface area contributed by atoms with E-state index in [1.807, 2.05) is 43.1 Å². The maximum atomic E-state index is 13.8. The summed E-state index contributed by atoms with van der Waals surface area (Å²) in [5.74, 6) is -0.239. The van der Waals surface area contributed by atoms with Gasteiger partial charge in [-0.25, -0.2) is 4.39 Å². The average molecular weight is 323 g/mol. The van der Waals surface area contributed by atoms with Gasteiger partial charge in [0.05, 0.1) is 5.69 Å². The number of halogens is 2. The van der Waals surface area contributed by atoms with Gasteiger partial charge in [0.1, 0.15) is 5.82 Å². The third-order valence-electron chi connectivity index (χ3n) is 3.08. The summed E-state index contributed by atoms with van der Waals surface area (Å²) >= 11 is 3.51. The van der Waals surface area contributed by atoms with Crippen LogP contribution in [-0.2, 0) is 0 Å². The monoisotopic (exact) mass is 322 g/mol. The first kappa shape index (κ1) is 14.0. The lowest BCUT2D eigenvalue weighted by atomic mass is 10.1. The summed E-state index contributed by atoms with van der Waals surface area (Å²) in [6.45, 7) is 1.93. The van der Waals surface area contributed by atoms with Crippen molar-refractivity contribution in [1.29, 1.82) is 0 Å². The van der Waals surface area contributed by atoms with Crippen molar-refractivity contribution in [1.82, 2.24) is 0 Å². The van der Waals surface area contributed by atoms with Gasteiger partial charge in [0.2, 0.25) is 0 Å². The second-order valence-corrected chi connectivity index (χ2v) is 5.36. The predicted molar refractivity (Wildman–Crippen MR) is 81.2 cm³/mol. The van der Waals surface area contributed by atoms with Crippen molar-refractivity contribution in [2.24, 2.45) is 5.73 Å². The van der Waals surface area contributed by atoms with Crippen LogP contribution in [0.2, 0.25) is 0 Å². The molecular formula is C15H16BrFN2. The third kappa shape index (κ3) is 2.96. The van der Waals surface area contributed by atoms with Crippen LogP contribution < -0.4 is 10.6 Å². The highest BCUT2D eigenvalue weighted by atomic mass is 79.9. The highest BCUT2D eigenvalue weighted by molar-refractivity contribution is 9.10. The van der Waals surface area contributed by atoms with E-state index >= 15 is 0 Å². The zero-order valence-electron chi connectivity index (χ0n) is 10.9. The van der Waals surface area contributed by atoms with E-state index in [-0.39, 0.29) is 11.9 Å². The van der Waals surface area contributed by atoms with E-state index in [9.17, 15) is 4.39 Å². The summed E-state index contributed by atoms with van der Waals surface area (Å²) in [5, 5.41) is 0. The van der Waals surface area contributed by atoms with Crippen LogP contribution in [0.4, 0.5) is 15.8 Å². The molecule has 0 heterocycles. The molecule has 1 atom stereocenters. The van der Waals surface area contributed by atoms with Crippen molar-refractivity contribution in [2.45, 2.75) is 13.0 Å². The minimum absolute atomic E-state index is 0.0396. The molecule has 0 saturated carbocycles. The summed E-state index contributed by atoms with van der Waals surface area (Å²) < 4.78 is 14.7. The lowest BCUT2D eigenvalue weighted by Crippen LogP contribution is -2.12. The summed E-state index contributed by atoms with van der Waals surface area (Å²) in [7, 11) is 1.84. The van der Waals surface area contributed by atoms with Crippen LogP contribution in [0.1, 0.15) is 18.5 Å². The maximum Gasteiger partial charge on any atom is 0.146 e. The molecule has 2 aromatic rings. The Kier molecular flexibility index (Phi) is 4.22. The first-order valence-corrected chi connectivity index (χ1v) is 6.83. The number of nitrogens with zero attached hydrogens (tertiary/aromatic N) is 1. The number of hydrogen-bond donors (Lipinski definition) is 1. The molecule has 2 nitrogen and oxygen atoms in total. The smallest absolute Gasteiger partial charge is 0.146 e. The molecule has 0 saturated heterocycles. The van der Waals surface area contributed by atoms with Crippen LogP contribution in [0, 0.1) is 5.82 Å². The number of para-hydroxylation sites is 1. The number of rotatable bonds is 3. The topological polar surface area (TPSA) is 29.3 Å². The molecule has 19 heavy (non-hydrogen) atoms. The Hall–Kier alpha value is -1.39. The highest BCUT2D eigenvalue weighted by Gasteiger charge is 2.11. The van der Waals surface area contributed by atoms with Crippen molar-refractivity contribution in [3.8, 4) is 0 Å². The van der Waals surface area contributed by atoms with Crippen LogP contribution in [0.5, 0.6) is 0 Å². The number of nitrogens with two attached hydrogens (primary N) is 1.